The number of carbonyl (C=O) groups is 1. The molecule has 0 radical (unpaired) electrons. The minimum absolute atomic E-state index is 0.0511. The Hall–Kier alpha value is -2.15. The van der Waals surface area contributed by atoms with Gasteiger partial charge in [-0.25, -0.2) is 0 Å². The Morgan fingerprint density at radius 1 is 1.48 bits per heavy atom. The van der Waals surface area contributed by atoms with Gasteiger partial charge in [0, 0.05) is 37.9 Å². The molecule has 7 nitrogen and oxygen atoms in total. The minimum Gasteiger partial charge on any atom is -0.380 e. The van der Waals surface area contributed by atoms with Gasteiger partial charge in [-0.3, -0.25) is 14.9 Å². The third-order valence-corrected chi connectivity index (χ3v) is 3.66. The van der Waals surface area contributed by atoms with Gasteiger partial charge in [0.25, 0.3) is 11.6 Å². The Morgan fingerprint density at radius 2 is 2.24 bits per heavy atom. The number of carbonyl (C=O) groups excluding carboxylic acids is 1. The van der Waals surface area contributed by atoms with Gasteiger partial charge in [0.1, 0.15) is 5.69 Å². The largest absolute Gasteiger partial charge is 0.380 e. The van der Waals surface area contributed by atoms with Crippen molar-refractivity contribution in [1.82, 2.24) is 5.32 Å². The molecule has 1 saturated heterocycles. The van der Waals surface area contributed by atoms with Crippen molar-refractivity contribution in [2.45, 2.75) is 19.4 Å². The molecule has 1 fully saturated rings. The first-order chi connectivity index (χ1) is 10.0. The van der Waals surface area contributed by atoms with Crippen LogP contribution in [-0.2, 0) is 4.74 Å². The number of nitrogens with zero attached hydrogens (tertiary/aromatic N) is 2. The fraction of sp³-hybridized carbons (Fsp3) is 0.500. The van der Waals surface area contributed by atoms with E-state index in [9.17, 15) is 14.9 Å². The second kappa shape index (κ2) is 6.53. The Kier molecular flexibility index (Phi) is 4.74. The summed E-state index contributed by atoms with van der Waals surface area (Å²) < 4.78 is 5.42. The van der Waals surface area contributed by atoms with E-state index in [-0.39, 0.29) is 23.2 Å². The molecule has 21 heavy (non-hydrogen) atoms. The Balaban J connectivity index is 2.42. The van der Waals surface area contributed by atoms with E-state index >= 15 is 0 Å². The van der Waals surface area contributed by atoms with Gasteiger partial charge < -0.3 is 15.0 Å². The lowest BCUT2D eigenvalue weighted by Crippen LogP contribution is -2.34. The van der Waals surface area contributed by atoms with Crippen molar-refractivity contribution in [2.24, 2.45) is 0 Å². The standard InChI is InChI=1S/C14H19N3O4/c1-10-5-7-21-8-6-16(10)12-4-3-11(14(18)15-2)9-13(12)17(19)20/h3-4,9-10H,5-8H2,1-2H3,(H,15,18)/t10-/m0/s1. The predicted octanol–water partition coefficient (Wildman–Crippen LogP) is 1.57. The number of hydrogen-bond donors (Lipinski definition) is 1. The van der Waals surface area contributed by atoms with Gasteiger partial charge in [-0.15, -0.1) is 0 Å². The molecular weight excluding hydrogens is 274 g/mol. The zero-order valence-electron chi connectivity index (χ0n) is 12.2. The van der Waals surface area contributed by atoms with Gasteiger partial charge in [-0.2, -0.15) is 0 Å². The molecule has 0 aromatic heterocycles. The van der Waals surface area contributed by atoms with Crippen LogP contribution in [0.2, 0.25) is 0 Å². The average molecular weight is 293 g/mol. The number of benzene rings is 1. The van der Waals surface area contributed by atoms with Crippen molar-refractivity contribution in [1.29, 1.82) is 0 Å². The summed E-state index contributed by atoms with van der Waals surface area (Å²) >= 11 is 0. The number of hydrogen-bond acceptors (Lipinski definition) is 5. The first-order valence-electron chi connectivity index (χ1n) is 6.89. The van der Waals surface area contributed by atoms with Crippen LogP contribution >= 0.6 is 0 Å². The summed E-state index contributed by atoms with van der Waals surface area (Å²) in [7, 11) is 1.50. The molecule has 2 rings (SSSR count). The molecule has 1 N–H and O–H groups in total. The summed E-state index contributed by atoms with van der Waals surface area (Å²) in [6.45, 7) is 3.81. The number of amides is 1. The third kappa shape index (κ3) is 3.30. The number of nitro groups is 1. The molecule has 0 saturated carbocycles. The summed E-state index contributed by atoms with van der Waals surface area (Å²) in [5.41, 5.74) is 0.766. The van der Waals surface area contributed by atoms with Gasteiger partial charge in [-0.05, 0) is 25.5 Å². The second-order valence-corrected chi connectivity index (χ2v) is 4.98. The molecule has 1 atom stereocenters. The number of nitrogens with one attached hydrogen (secondary N) is 1. The normalized spacial score (nSPS) is 19.0. The SMILES string of the molecule is CNC(=O)c1ccc(N2CCOCC[C@@H]2C)c([N+](=O)[O-])c1. The number of rotatable bonds is 3. The third-order valence-electron chi connectivity index (χ3n) is 3.66. The topological polar surface area (TPSA) is 84.7 Å². The van der Waals surface area contributed by atoms with Crippen molar-refractivity contribution < 1.29 is 14.5 Å². The van der Waals surface area contributed by atoms with E-state index in [0.29, 0.717) is 25.4 Å². The highest BCUT2D eigenvalue weighted by molar-refractivity contribution is 5.95. The van der Waals surface area contributed by atoms with Crippen LogP contribution in [0.25, 0.3) is 0 Å². The van der Waals surface area contributed by atoms with Crippen LogP contribution in [0, 0.1) is 10.1 Å². The molecule has 1 aromatic rings. The lowest BCUT2D eigenvalue weighted by molar-refractivity contribution is -0.384. The Morgan fingerprint density at radius 3 is 2.90 bits per heavy atom. The quantitative estimate of drug-likeness (QED) is 0.675. The molecule has 0 unspecified atom stereocenters. The fourth-order valence-electron chi connectivity index (χ4n) is 2.45. The van der Waals surface area contributed by atoms with E-state index in [0.717, 1.165) is 6.42 Å². The maximum atomic E-state index is 11.6. The first-order valence-corrected chi connectivity index (χ1v) is 6.89. The molecule has 7 heteroatoms. The van der Waals surface area contributed by atoms with E-state index in [1.54, 1.807) is 12.1 Å². The molecule has 0 spiro atoms. The molecular formula is C14H19N3O4. The van der Waals surface area contributed by atoms with Gasteiger partial charge in [0.05, 0.1) is 11.5 Å². The van der Waals surface area contributed by atoms with Crippen LogP contribution in [0.15, 0.2) is 18.2 Å². The molecule has 1 aromatic carbocycles. The van der Waals surface area contributed by atoms with E-state index < -0.39 is 4.92 Å². The summed E-state index contributed by atoms with van der Waals surface area (Å²) in [6.07, 6.45) is 0.814. The number of ether oxygens (including phenoxy) is 1. The highest BCUT2D eigenvalue weighted by Crippen LogP contribution is 2.31. The highest BCUT2D eigenvalue weighted by Gasteiger charge is 2.26. The lowest BCUT2D eigenvalue weighted by Gasteiger charge is -2.28. The molecule has 1 amide bonds. The van der Waals surface area contributed by atoms with Crippen LogP contribution in [0.3, 0.4) is 0 Å². The maximum Gasteiger partial charge on any atom is 0.293 e. The molecule has 1 heterocycles. The van der Waals surface area contributed by atoms with Crippen molar-refractivity contribution >= 4 is 17.3 Å². The van der Waals surface area contributed by atoms with E-state index in [1.165, 1.54) is 13.1 Å². The minimum atomic E-state index is -0.444. The van der Waals surface area contributed by atoms with E-state index in [4.69, 9.17) is 4.74 Å². The van der Waals surface area contributed by atoms with Crippen molar-refractivity contribution in [3.8, 4) is 0 Å². The summed E-state index contributed by atoms with van der Waals surface area (Å²) in [5.74, 6) is -0.336. The monoisotopic (exact) mass is 293 g/mol. The molecule has 1 aliphatic heterocycles. The van der Waals surface area contributed by atoms with Crippen molar-refractivity contribution in [2.75, 3.05) is 31.7 Å². The van der Waals surface area contributed by atoms with Crippen molar-refractivity contribution in [3.63, 3.8) is 0 Å². The number of anilines is 1. The average Bonchev–Trinajstić information content (AvgIpc) is 2.70. The fourth-order valence-corrected chi connectivity index (χ4v) is 2.45. The van der Waals surface area contributed by atoms with Crippen LogP contribution in [0.4, 0.5) is 11.4 Å². The van der Waals surface area contributed by atoms with Gasteiger partial charge in [-0.1, -0.05) is 0 Å². The van der Waals surface area contributed by atoms with Crippen LogP contribution in [0.1, 0.15) is 23.7 Å². The molecule has 0 aliphatic carbocycles. The smallest absolute Gasteiger partial charge is 0.293 e. The van der Waals surface area contributed by atoms with E-state index in [2.05, 4.69) is 5.32 Å². The summed E-state index contributed by atoms with van der Waals surface area (Å²) in [4.78, 5) is 24.5. The molecule has 1 aliphatic rings. The van der Waals surface area contributed by atoms with Gasteiger partial charge in [0.15, 0.2) is 0 Å². The van der Waals surface area contributed by atoms with Gasteiger partial charge in [0.2, 0.25) is 0 Å². The molecule has 0 bridgehead atoms. The first kappa shape index (κ1) is 15.2. The number of nitro benzene ring substituents is 1. The molecule has 114 valence electrons. The summed E-state index contributed by atoms with van der Waals surface area (Å²) in [6, 6.07) is 4.73. The predicted molar refractivity (Wildman–Crippen MR) is 78.7 cm³/mol. The highest BCUT2D eigenvalue weighted by atomic mass is 16.6. The summed E-state index contributed by atoms with van der Waals surface area (Å²) in [5, 5.41) is 13.8. The maximum absolute atomic E-state index is 11.6. The van der Waals surface area contributed by atoms with Gasteiger partial charge >= 0.3 is 0 Å². The zero-order chi connectivity index (χ0) is 15.4. The van der Waals surface area contributed by atoms with E-state index in [1.807, 2.05) is 11.8 Å². The Labute approximate surface area is 123 Å². The Bertz CT molecular complexity index is 547. The van der Waals surface area contributed by atoms with Crippen LogP contribution in [-0.4, -0.2) is 43.7 Å². The van der Waals surface area contributed by atoms with Crippen LogP contribution in [0.5, 0.6) is 0 Å². The zero-order valence-corrected chi connectivity index (χ0v) is 12.2. The van der Waals surface area contributed by atoms with Crippen LogP contribution < -0.4 is 10.2 Å². The lowest BCUT2D eigenvalue weighted by atomic mass is 10.1. The van der Waals surface area contributed by atoms with Crippen molar-refractivity contribution in [3.05, 3.63) is 33.9 Å². The second-order valence-electron chi connectivity index (χ2n) is 4.98.